The van der Waals surface area contributed by atoms with Gasteiger partial charge in [0.05, 0.1) is 5.71 Å². The van der Waals surface area contributed by atoms with E-state index >= 15 is 0 Å². The van der Waals surface area contributed by atoms with Crippen molar-refractivity contribution in [1.82, 2.24) is 10.7 Å². The minimum absolute atomic E-state index is 0.498. The zero-order valence-corrected chi connectivity index (χ0v) is 11.0. The summed E-state index contributed by atoms with van der Waals surface area (Å²) in [6, 6.07) is 8.10. The molecule has 0 fully saturated rings. The Balaban J connectivity index is 2.64. The van der Waals surface area contributed by atoms with Crippen LogP contribution in [0.25, 0.3) is 0 Å². The first-order chi connectivity index (χ1) is 8.15. The molecule has 2 N–H and O–H groups in total. The monoisotopic (exact) mass is 247 g/mol. The van der Waals surface area contributed by atoms with Crippen LogP contribution in [0, 0.1) is 6.92 Å². The van der Waals surface area contributed by atoms with E-state index < -0.39 is 0 Å². The van der Waals surface area contributed by atoms with Crippen LogP contribution < -0.4 is 10.7 Å². The molecule has 1 aromatic rings. The standard InChI is InChI=1S/C13H17N3S/c1-4-9-14-13(17)16-15-11(3)12-8-6-5-7-10(12)2/h4-8H,1,9H2,2-3H3,(H2,14,16,17)/b15-11+. The fourth-order valence-corrected chi connectivity index (χ4v) is 1.51. The zero-order valence-electron chi connectivity index (χ0n) is 10.2. The van der Waals surface area contributed by atoms with Gasteiger partial charge in [-0.1, -0.05) is 30.3 Å². The summed E-state index contributed by atoms with van der Waals surface area (Å²) in [5.74, 6) is 0. The van der Waals surface area contributed by atoms with Crippen LogP contribution in [0.15, 0.2) is 42.0 Å². The summed E-state index contributed by atoms with van der Waals surface area (Å²) in [7, 11) is 0. The first kappa shape index (κ1) is 13.4. The van der Waals surface area contributed by atoms with Crippen LogP contribution in [0.4, 0.5) is 0 Å². The van der Waals surface area contributed by atoms with Gasteiger partial charge in [0.1, 0.15) is 0 Å². The molecule has 0 radical (unpaired) electrons. The maximum absolute atomic E-state index is 5.04. The number of benzene rings is 1. The van der Waals surface area contributed by atoms with E-state index in [1.54, 1.807) is 6.08 Å². The highest BCUT2D eigenvalue weighted by atomic mass is 32.1. The molecule has 0 aromatic heterocycles. The lowest BCUT2D eigenvalue weighted by atomic mass is 10.1. The van der Waals surface area contributed by atoms with Crippen molar-refractivity contribution in [2.24, 2.45) is 5.10 Å². The van der Waals surface area contributed by atoms with Crippen molar-refractivity contribution in [3.63, 3.8) is 0 Å². The Kier molecular flexibility index (Phi) is 5.36. The van der Waals surface area contributed by atoms with Crippen LogP contribution in [-0.4, -0.2) is 17.4 Å². The number of nitrogens with zero attached hydrogens (tertiary/aromatic N) is 1. The molecule has 1 aromatic carbocycles. The molecular weight excluding hydrogens is 230 g/mol. The van der Waals surface area contributed by atoms with E-state index in [1.807, 2.05) is 25.1 Å². The molecule has 90 valence electrons. The third-order valence-corrected chi connectivity index (χ3v) is 2.50. The van der Waals surface area contributed by atoms with Crippen LogP contribution in [-0.2, 0) is 0 Å². The van der Waals surface area contributed by atoms with Gasteiger partial charge in [-0.3, -0.25) is 5.43 Å². The molecule has 4 heteroatoms. The van der Waals surface area contributed by atoms with E-state index in [-0.39, 0.29) is 0 Å². The SMILES string of the molecule is C=CCNC(=S)N/N=C(\C)c1ccccc1C. The highest BCUT2D eigenvalue weighted by molar-refractivity contribution is 7.80. The van der Waals surface area contributed by atoms with Gasteiger partial charge < -0.3 is 5.32 Å². The predicted octanol–water partition coefficient (Wildman–Crippen LogP) is 2.37. The summed E-state index contributed by atoms with van der Waals surface area (Å²) in [6.45, 7) is 8.24. The lowest BCUT2D eigenvalue weighted by Gasteiger charge is -2.07. The summed E-state index contributed by atoms with van der Waals surface area (Å²) in [5, 5.41) is 7.68. The van der Waals surface area contributed by atoms with Gasteiger partial charge >= 0.3 is 0 Å². The molecule has 17 heavy (non-hydrogen) atoms. The predicted molar refractivity (Wildman–Crippen MR) is 77.3 cm³/mol. The number of hydrogen-bond acceptors (Lipinski definition) is 2. The molecule has 0 amide bonds. The van der Waals surface area contributed by atoms with Gasteiger partial charge in [0.25, 0.3) is 0 Å². The molecule has 0 heterocycles. The maximum Gasteiger partial charge on any atom is 0.187 e. The quantitative estimate of drug-likeness (QED) is 0.371. The lowest BCUT2D eigenvalue weighted by molar-refractivity contribution is 0.936. The Hall–Kier alpha value is -1.68. The summed E-state index contributed by atoms with van der Waals surface area (Å²) < 4.78 is 0. The molecule has 0 bridgehead atoms. The largest absolute Gasteiger partial charge is 0.358 e. The topological polar surface area (TPSA) is 36.4 Å². The van der Waals surface area contributed by atoms with E-state index in [4.69, 9.17) is 12.2 Å². The van der Waals surface area contributed by atoms with Crippen molar-refractivity contribution in [2.45, 2.75) is 13.8 Å². The van der Waals surface area contributed by atoms with E-state index in [1.165, 1.54) is 5.56 Å². The van der Waals surface area contributed by atoms with E-state index in [0.29, 0.717) is 11.7 Å². The molecule has 0 aliphatic rings. The van der Waals surface area contributed by atoms with Crippen molar-refractivity contribution >= 4 is 23.0 Å². The molecule has 1 rings (SSSR count). The number of hydrogen-bond donors (Lipinski definition) is 2. The summed E-state index contributed by atoms with van der Waals surface area (Å²) >= 11 is 5.04. The van der Waals surface area contributed by atoms with E-state index in [2.05, 4.69) is 35.4 Å². The normalized spacial score (nSPS) is 10.8. The van der Waals surface area contributed by atoms with Gasteiger partial charge in [0.15, 0.2) is 5.11 Å². The van der Waals surface area contributed by atoms with Crippen molar-refractivity contribution < 1.29 is 0 Å². The number of rotatable bonds is 4. The van der Waals surface area contributed by atoms with Crippen LogP contribution >= 0.6 is 12.2 Å². The summed E-state index contributed by atoms with van der Waals surface area (Å²) in [6.07, 6.45) is 1.74. The Bertz CT molecular complexity index is 438. The van der Waals surface area contributed by atoms with Gasteiger partial charge in [-0.05, 0) is 31.6 Å². The minimum Gasteiger partial charge on any atom is -0.358 e. The highest BCUT2D eigenvalue weighted by Crippen LogP contribution is 2.07. The van der Waals surface area contributed by atoms with E-state index in [9.17, 15) is 0 Å². The average Bonchev–Trinajstić information content (AvgIpc) is 2.34. The summed E-state index contributed by atoms with van der Waals surface area (Å²) in [4.78, 5) is 0. The molecule has 0 aliphatic heterocycles. The minimum atomic E-state index is 0.498. The second-order valence-corrected chi connectivity index (χ2v) is 4.03. The fourth-order valence-electron chi connectivity index (χ4n) is 1.38. The van der Waals surface area contributed by atoms with Gasteiger partial charge in [0, 0.05) is 12.1 Å². The Morgan fingerprint density at radius 3 is 2.82 bits per heavy atom. The third kappa shape index (κ3) is 4.36. The van der Waals surface area contributed by atoms with Gasteiger partial charge in [-0.15, -0.1) is 6.58 Å². The number of hydrazone groups is 1. The second-order valence-electron chi connectivity index (χ2n) is 3.62. The smallest absolute Gasteiger partial charge is 0.187 e. The average molecular weight is 247 g/mol. The Morgan fingerprint density at radius 1 is 1.47 bits per heavy atom. The fraction of sp³-hybridized carbons (Fsp3) is 0.231. The van der Waals surface area contributed by atoms with Crippen molar-refractivity contribution in [3.05, 3.63) is 48.0 Å². The van der Waals surface area contributed by atoms with Gasteiger partial charge in [-0.2, -0.15) is 5.10 Å². The van der Waals surface area contributed by atoms with Crippen LogP contribution in [0.3, 0.4) is 0 Å². The molecule has 0 atom stereocenters. The first-order valence-electron chi connectivity index (χ1n) is 5.40. The molecular formula is C13H17N3S. The Morgan fingerprint density at radius 2 is 2.18 bits per heavy atom. The van der Waals surface area contributed by atoms with Gasteiger partial charge in [-0.25, -0.2) is 0 Å². The van der Waals surface area contributed by atoms with Crippen LogP contribution in [0.1, 0.15) is 18.1 Å². The zero-order chi connectivity index (χ0) is 12.7. The van der Waals surface area contributed by atoms with Crippen LogP contribution in [0.2, 0.25) is 0 Å². The lowest BCUT2D eigenvalue weighted by Crippen LogP contribution is -2.32. The molecule has 3 nitrogen and oxygen atoms in total. The molecule has 0 aliphatic carbocycles. The number of thiocarbonyl (C=S) groups is 1. The number of aryl methyl sites for hydroxylation is 1. The maximum atomic E-state index is 5.04. The molecule has 0 saturated carbocycles. The highest BCUT2D eigenvalue weighted by Gasteiger charge is 2.00. The molecule has 0 saturated heterocycles. The molecule has 0 spiro atoms. The second kappa shape index (κ2) is 6.81. The summed E-state index contributed by atoms with van der Waals surface area (Å²) in [5.41, 5.74) is 6.02. The van der Waals surface area contributed by atoms with Crippen LogP contribution in [0.5, 0.6) is 0 Å². The number of nitrogens with one attached hydrogen (secondary N) is 2. The van der Waals surface area contributed by atoms with E-state index in [0.717, 1.165) is 11.3 Å². The van der Waals surface area contributed by atoms with Crippen molar-refractivity contribution in [1.29, 1.82) is 0 Å². The molecule has 0 unspecified atom stereocenters. The third-order valence-electron chi connectivity index (χ3n) is 2.27. The van der Waals surface area contributed by atoms with Crippen molar-refractivity contribution in [3.8, 4) is 0 Å². The van der Waals surface area contributed by atoms with Crippen molar-refractivity contribution in [2.75, 3.05) is 6.54 Å². The Labute approximate surface area is 108 Å². The van der Waals surface area contributed by atoms with Gasteiger partial charge in [0.2, 0.25) is 0 Å². The first-order valence-corrected chi connectivity index (χ1v) is 5.81.